The van der Waals surface area contributed by atoms with Gasteiger partial charge >= 0.3 is 5.97 Å². The smallest absolute Gasteiger partial charge is 0.338 e. The second-order valence-electron chi connectivity index (χ2n) is 5.54. The van der Waals surface area contributed by atoms with E-state index in [0.717, 1.165) is 12.1 Å². The molecule has 1 N–H and O–H groups in total. The first kappa shape index (κ1) is 15.6. The van der Waals surface area contributed by atoms with Gasteiger partial charge in [0.2, 0.25) is 0 Å². The third kappa shape index (κ3) is 4.63. The van der Waals surface area contributed by atoms with Gasteiger partial charge in [-0.1, -0.05) is 19.9 Å². The number of nitrogens with zero attached hydrogens (tertiary/aromatic N) is 1. The van der Waals surface area contributed by atoms with Crippen molar-refractivity contribution >= 4 is 5.97 Å². The molecule has 0 aliphatic heterocycles. The van der Waals surface area contributed by atoms with Crippen LogP contribution in [0.3, 0.4) is 0 Å². The number of hydrogen-bond donors (Lipinski definition) is 1. The van der Waals surface area contributed by atoms with E-state index in [1.54, 1.807) is 6.07 Å². The van der Waals surface area contributed by atoms with Crippen LogP contribution in [0.4, 0.5) is 4.39 Å². The summed E-state index contributed by atoms with van der Waals surface area (Å²) in [5.41, 5.74) is 0.528. The number of halogens is 1. The maximum absolute atomic E-state index is 13.6. The van der Waals surface area contributed by atoms with Crippen LogP contribution in [0.2, 0.25) is 0 Å². The third-order valence-corrected chi connectivity index (χ3v) is 2.98. The Hall–Kier alpha value is -1.42. The highest BCUT2D eigenvalue weighted by Crippen LogP contribution is 2.15. The number of benzene rings is 1. The average Bonchev–Trinajstić information content (AvgIpc) is 2.26. The third-order valence-electron chi connectivity index (χ3n) is 2.98. The summed E-state index contributed by atoms with van der Waals surface area (Å²) in [4.78, 5) is 13.0. The Balaban J connectivity index is 2.85. The Morgan fingerprint density at radius 3 is 2.37 bits per heavy atom. The molecule has 0 amide bonds. The molecular weight excluding hydrogens is 245 g/mol. The molecule has 0 radical (unpaired) electrons. The van der Waals surface area contributed by atoms with E-state index in [0.29, 0.717) is 18.5 Å². The molecule has 1 rings (SSSR count). The average molecular weight is 267 g/mol. The van der Waals surface area contributed by atoms with Crippen molar-refractivity contribution in [2.45, 2.75) is 40.3 Å². The Kier molecular flexibility index (Phi) is 5.48. The highest BCUT2D eigenvalue weighted by Gasteiger charge is 2.14. The lowest BCUT2D eigenvalue weighted by Gasteiger charge is -2.28. The molecule has 0 saturated carbocycles. The summed E-state index contributed by atoms with van der Waals surface area (Å²) in [5.74, 6) is -1.37. The van der Waals surface area contributed by atoms with Crippen molar-refractivity contribution in [1.82, 2.24) is 4.90 Å². The fourth-order valence-electron chi connectivity index (χ4n) is 1.99. The second-order valence-corrected chi connectivity index (χ2v) is 5.54. The summed E-state index contributed by atoms with van der Waals surface area (Å²) in [5, 5.41) is 8.80. The molecule has 106 valence electrons. The van der Waals surface area contributed by atoms with Crippen LogP contribution in [-0.4, -0.2) is 28.6 Å². The molecule has 0 aliphatic rings. The molecule has 0 unspecified atom stereocenters. The van der Waals surface area contributed by atoms with Crippen LogP contribution in [-0.2, 0) is 6.54 Å². The molecule has 0 aliphatic carbocycles. The lowest BCUT2D eigenvalue weighted by molar-refractivity contribution is 0.0692. The maximum Gasteiger partial charge on any atom is 0.338 e. The Morgan fingerprint density at radius 1 is 1.32 bits per heavy atom. The zero-order valence-electron chi connectivity index (χ0n) is 12.0. The van der Waals surface area contributed by atoms with Gasteiger partial charge in [0.25, 0.3) is 0 Å². The van der Waals surface area contributed by atoms with E-state index >= 15 is 0 Å². The van der Waals surface area contributed by atoms with Crippen LogP contribution in [0.15, 0.2) is 18.2 Å². The zero-order chi connectivity index (χ0) is 14.6. The van der Waals surface area contributed by atoms with E-state index in [-0.39, 0.29) is 5.56 Å². The predicted molar refractivity (Wildman–Crippen MR) is 73.7 cm³/mol. The first-order valence-corrected chi connectivity index (χ1v) is 6.57. The molecule has 19 heavy (non-hydrogen) atoms. The van der Waals surface area contributed by atoms with Crippen molar-refractivity contribution in [2.75, 3.05) is 6.54 Å². The molecule has 4 heteroatoms. The van der Waals surface area contributed by atoms with E-state index in [9.17, 15) is 9.18 Å². The van der Waals surface area contributed by atoms with Crippen molar-refractivity contribution in [3.63, 3.8) is 0 Å². The Labute approximate surface area is 114 Å². The molecule has 0 aromatic heterocycles. The number of rotatable bonds is 6. The van der Waals surface area contributed by atoms with Crippen molar-refractivity contribution in [1.29, 1.82) is 0 Å². The second kappa shape index (κ2) is 6.66. The number of hydrogen-bond acceptors (Lipinski definition) is 2. The minimum Gasteiger partial charge on any atom is -0.478 e. The Bertz CT molecular complexity index is 444. The fraction of sp³-hybridized carbons (Fsp3) is 0.533. The Morgan fingerprint density at radius 2 is 1.95 bits per heavy atom. The topological polar surface area (TPSA) is 40.5 Å². The summed E-state index contributed by atoms with van der Waals surface area (Å²) in [6, 6.07) is 4.70. The van der Waals surface area contributed by atoms with Gasteiger partial charge in [-0.25, -0.2) is 9.18 Å². The van der Waals surface area contributed by atoms with Crippen LogP contribution >= 0.6 is 0 Å². The lowest BCUT2D eigenvalue weighted by atomic mass is 10.1. The van der Waals surface area contributed by atoms with Crippen molar-refractivity contribution in [3.8, 4) is 0 Å². The first-order chi connectivity index (χ1) is 8.81. The summed E-state index contributed by atoms with van der Waals surface area (Å²) in [6.45, 7) is 10.0. The van der Waals surface area contributed by atoms with Gasteiger partial charge in [-0.05, 0) is 37.5 Å². The molecule has 3 nitrogen and oxygen atoms in total. The molecule has 0 heterocycles. The largest absolute Gasteiger partial charge is 0.478 e. The number of carboxylic acids is 1. The van der Waals surface area contributed by atoms with Crippen LogP contribution < -0.4 is 0 Å². The van der Waals surface area contributed by atoms with Crippen molar-refractivity contribution < 1.29 is 14.3 Å². The maximum atomic E-state index is 13.6. The molecule has 0 saturated heterocycles. The van der Waals surface area contributed by atoms with Gasteiger partial charge in [0.15, 0.2) is 0 Å². The van der Waals surface area contributed by atoms with Gasteiger partial charge in [0.1, 0.15) is 5.82 Å². The predicted octanol–water partition coefficient (Wildman–Crippen LogP) is 3.39. The highest BCUT2D eigenvalue weighted by atomic mass is 19.1. The minimum absolute atomic E-state index is 0.274. The fourth-order valence-corrected chi connectivity index (χ4v) is 1.99. The van der Waals surface area contributed by atoms with Gasteiger partial charge < -0.3 is 5.11 Å². The van der Waals surface area contributed by atoms with E-state index in [2.05, 4.69) is 32.6 Å². The van der Waals surface area contributed by atoms with Crippen LogP contribution in [0.25, 0.3) is 0 Å². The first-order valence-electron chi connectivity index (χ1n) is 6.57. The molecule has 1 aromatic rings. The van der Waals surface area contributed by atoms with E-state index in [1.165, 1.54) is 12.1 Å². The number of aromatic carboxylic acids is 1. The monoisotopic (exact) mass is 267 g/mol. The molecule has 1 aromatic carbocycles. The molecule has 0 atom stereocenters. The molecule has 0 fully saturated rings. The lowest BCUT2D eigenvalue weighted by Crippen LogP contribution is -2.33. The minimum atomic E-state index is -1.23. The SMILES string of the molecule is CC(C)CN(Cc1ccc(C(=O)O)c(F)c1)C(C)C. The molecule has 0 spiro atoms. The van der Waals surface area contributed by atoms with Crippen LogP contribution in [0, 0.1) is 11.7 Å². The number of carboxylic acid groups (broad SMARTS) is 1. The van der Waals surface area contributed by atoms with Gasteiger partial charge in [0, 0.05) is 19.1 Å². The summed E-state index contributed by atoms with van der Waals surface area (Å²) < 4.78 is 13.6. The highest BCUT2D eigenvalue weighted by molar-refractivity contribution is 5.87. The standard InChI is InChI=1S/C15H22FNO2/c1-10(2)8-17(11(3)4)9-12-5-6-13(15(18)19)14(16)7-12/h5-7,10-11H,8-9H2,1-4H3,(H,18,19). The summed E-state index contributed by atoms with van der Waals surface area (Å²) >= 11 is 0. The van der Waals surface area contributed by atoms with Crippen molar-refractivity contribution in [3.05, 3.63) is 35.1 Å². The van der Waals surface area contributed by atoms with Crippen LogP contribution in [0.5, 0.6) is 0 Å². The van der Waals surface area contributed by atoms with E-state index in [4.69, 9.17) is 5.11 Å². The normalized spacial score (nSPS) is 11.6. The quantitative estimate of drug-likeness (QED) is 0.859. The molecular formula is C15H22FNO2. The van der Waals surface area contributed by atoms with Gasteiger partial charge in [0.05, 0.1) is 5.56 Å². The van der Waals surface area contributed by atoms with E-state index in [1.807, 2.05) is 0 Å². The van der Waals surface area contributed by atoms with Gasteiger partial charge in [-0.3, -0.25) is 4.90 Å². The van der Waals surface area contributed by atoms with Gasteiger partial charge in [-0.2, -0.15) is 0 Å². The zero-order valence-corrected chi connectivity index (χ0v) is 12.0. The molecule has 0 bridgehead atoms. The van der Waals surface area contributed by atoms with Crippen LogP contribution in [0.1, 0.15) is 43.6 Å². The van der Waals surface area contributed by atoms with E-state index < -0.39 is 11.8 Å². The summed E-state index contributed by atoms with van der Waals surface area (Å²) in [6.07, 6.45) is 0. The summed E-state index contributed by atoms with van der Waals surface area (Å²) in [7, 11) is 0. The number of carbonyl (C=O) groups is 1. The van der Waals surface area contributed by atoms with Gasteiger partial charge in [-0.15, -0.1) is 0 Å². The van der Waals surface area contributed by atoms with Crippen molar-refractivity contribution in [2.24, 2.45) is 5.92 Å².